The highest BCUT2D eigenvalue weighted by Gasteiger charge is 2.18. The molecule has 1 aliphatic rings. The van der Waals surface area contributed by atoms with Crippen molar-refractivity contribution in [1.29, 1.82) is 0 Å². The third-order valence-electron chi connectivity index (χ3n) is 3.68. The zero-order valence-corrected chi connectivity index (χ0v) is 11.8. The van der Waals surface area contributed by atoms with Gasteiger partial charge in [0.25, 0.3) is 0 Å². The van der Waals surface area contributed by atoms with Gasteiger partial charge in [-0.05, 0) is 36.5 Å². The van der Waals surface area contributed by atoms with Gasteiger partial charge in [0.2, 0.25) is 10.0 Å². The quantitative estimate of drug-likeness (QED) is 0.869. The van der Waals surface area contributed by atoms with Crippen molar-refractivity contribution in [2.24, 2.45) is 5.92 Å². The Hall–Kier alpha value is -0.910. The second-order valence-electron chi connectivity index (χ2n) is 5.16. The number of hydrogen-bond donors (Lipinski definition) is 2. The molecule has 0 aromatic heterocycles. The molecular weight excluding hydrogens is 262 g/mol. The molecule has 0 radical (unpaired) electrons. The molecule has 0 spiro atoms. The summed E-state index contributed by atoms with van der Waals surface area (Å²) in [6, 6.07) is 6.44. The monoisotopic (exact) mass is 283 g/mol. The zero-order valence-electron chi connectivity index (χ0n) is 11.0. The van der Waals surface area contributed by atoms with Crippen molar-refractivity contribution in [1.82, 2.24) is 4.72 Å². The third-order valence-corrected chi connectivity index (χ3v) is 5.10. The van der Waals surface area contributed by atoms with Crippen molar-refractivity contribution >= 4 is 10.0 Å². The largest absolute Gasteiger partial charge is 0.392 e. The lowest BCUT2D eigenvalue weighted by Gasteiger charge is -2.21. The highest BCUT2D eigenvalue weighted by molar-refractivity contribution is 7.89. The van der Waals surface area contributed by atoms with Crippen molar-refractivity contribution in [2.75, 3.05) is 6.54 Å². The fraction of sp³-hybridized carbons (Fsp3) is 0.571. The second-order valence-corrected chi connectivity index (χ2v) is 6.93. The summed E-state index contributed by atoms with van der Waals surface area (Å²) < 4.78 is 27.0. The van der Waals surface area contributed by atoms with E-state index in [9.17, 15) is 8.42 Å². The van der Waals surface area contributed by atoms with E-state index >= 15 is 0 Å². The zero-order chi connectivity index (χ0) is 13.7. The first-order chi connectivity index (χ1) is 9.12. The van der Waals surface area contributed by atoms with E-state index in [1.54, 1.807) is 18.2 Å². The van der Waals surface area contributed by atoms with E-state index in [2.05, 4.69) is 4.72 Å². The van der Waals surface area contributed by atoms with Gasteiger partial charge in [0, 0.05) is 6.54 Å². The summed E-state index contributed by atoms with van der Waals surface area (Å²) in [7, 11) is -3.45. The Balaban J connectivity index is 2.00. The van der Waals surface area contributed by atoms with Crippen molar-refractivity contribution < 1.29 is 13.5 Å². The maximum absolute atomic E-state index is 12.2. The number of rotatable bonds is 5. The van der Waals surface area contributed by atoms with E-state index in [1.165, 1.54) is 25.3 Å². The van der Waals surface area contributed by atoms with E-state index in [-0.39, 0.29) is 11.5 Å². The first-order valence-corrected chi connectivity index (χ1v) is 8.29. The van der Waals surface area contributed by atoms with Crippen molar-refractivity contribution in [2.45, 2.75) is 43.6 Å². The molecule has 1 aromatic rings. The fourth-order valence-corrected chi connectivity index (χ4v) is 3.70. The molecule has 2 N–H and O–H groups in total. The molecule has 5 heteroatoms. The Bertz CT molecular complexity index is 507. The van der Waals surface area contributed by atoms with Crippen LogP contribution in [0.1, 0.15) is 37.7 Å². The number of nitrogens with one attached hydrogen (secondary N) is 1. The molecule has 2 rings (SSSR count). The molecule has 0 aliphatic heterocycles. The average Bonchev–Trinajstić information content (AvgIpc) is 2.46. The van der Waals surface area contributed by atoms with Crippen molar-refractivity contribution in [3.05, 3.63) is 29.8 Å². The van der Waals surface area contributed by atoms with Crippen LogP contribution in [0.25, 0.3) is 0 Å². The van der Waals surface area contributed by atoms with Gasteiger partial charge in [0.15, 0.2) is 0 Å². The minimum Gasteiger partial charge on any atom is -0.392 e. The molecule has 1 saturated carbocycles. The van der Waals surface area contributed by atoms with Crippen LogP contribution in [0.4, 0.5) is 0 Å². The molecule has 1 fully saturated rings. The molecule has 19 heavy (non-hydrogen) atoms. The van der Waals surface area contributed by atoms with Crippen LogP contribution in [0.3, 0.4) is 0 Å². The van der Waals surface area contributed by atoms with Crippen molar-refractivity contribution in [3.8, 4) is 0 Å². The van der Waals surface area contributed by atoms with Gasteiger partial charge in [-0.1, -0.05) is 31.4 Å². The van der Waals surface area contributed by atoms with Crippen LogP contribution in [0, 0.1) is 5.92 Å². The molecule has 0 saturated heterocycles. The van der Waals surface area contributed by atoms with Gasteiger partial charge in [-0.2, -0.15) is 0 Å². The van der Waals surface area contributed by atoms with Gasteiger partial charge in [-0.15, -0.1) is 0 Å². The number of benzene rings is 1. The fourth-order valence-electron chi connectivity index (χ4n) is 2.51. The normalized spacial score (nSPS) is 17.5. The standard InChI is InChI=1S/C14H21NO3S/c16-11-13-7-4-8-14(9-13)19(17,18)15-10-12-5-2-1-3-6-12/h4,7-9,12,15-16H,1-3,5-6,10-11H2. The highest BCUT2D eigenvalue weighted by atomic mass is 32.2. The van der Waals surface area contributed by atoms with Crippen LogP contribution in [0.15, 0.2) is 29.2 Å². The molecule has 0 heterocycles. The first-order valence-electron chi connectivity index (χ1n) is 6.81. The lowest BCUT2D eigenvalue weighted by molar-refractivity contribution is 0.281. The van der Waals surface area contributed by atoms with Crippen LogP contribution in [-0.4, -0.2) is 20.1 Å². The van der Waals surface area contributed by atoms with E-state index in [4.69, 9.17) is 5.11 Å². The number of aliphatic hydroxyl groups excluding tert-OH is 1. The summed E-state index contributed by atoms with van der Waals surface area (Å²) in [5, 5.41) is 9.05. The maximum Gasteiger partial charge on any atom is 0.240 e. The highest BCUT2D eigenvalue weighted by Crippen LogP contribution is 2.23. The molecule has 0 atom stereocenters. The third kappa shape index (κ3) is 4.03. The minimum absolute atomic E-state index is 0.147. The Morgan fingerprint density at radius 3 is 2.63 bits per heavy atom. The molecule has 1 aromatic carbocycles. The lowest BCUT2D eigenvalue weighted by Crippen LogP contribution is -2.30. The van der Waals surface area contributed by atoms with Gasteiger partial charge in [0.1, 0.15) is 0 Å². The molecule has 4 nitrogen and oxygen atoms in total. The number of hydrogen-bond acceptors (Lipinski definition) is 3. The summed E-state index contributed by atoms with van der Waals surface area (Å²) in [6.07, 6.45) is 5.89. The lowest BCUT2D eigenvalue weighted by atomic mass is 9.90. The Kier molecular flexibility index (Phi) is 4.96. The SMILES string of the molecule is O=S(=O)(NCC1CCCCC1)c1cccc(CO)c1. The summed E-state index contributed by atoms with van der Waals surface area (Å²) in [5.74, 6) is 0.463. The summed E-state index contributed by atoms with van der Waals surface area (Å²) in [6.45, 7) is 0.373. The topological polar surface area (TPSA) is 66.4 Å². The first kappa shape index (κ1) is 14.5. The van der Waals surface area contributed by atoms with Crippen LogP contribution in [-0.2, 0) is 16.6 Å². The smallest absolute Gasteiger partial charge is 0.240 e. The molecular formula is C14H21NO3S. The summed E-state index contributed by atoms with van der Waals surface area (Å²) >= 11 is 0. The minimum atomic E-state index is -3.45. The van der Waals surface area contributed by atoms with Crippen LogP contribution in [0.5, 0.6) is 0 Å². The van der Waals surface area contributed by atoms with E-state index in [0.29, 0.717) is 18.0 Å². The molecule has 106 valence electrons. The Morgan fingerprint density at radius 1 is 1.21 bits per heavy atom. The second kappa shape index (κ2) is 6.50. The van der Waals surface area contributed by atoms with Gasteiger partial charge in [0.05, 0.1) is 11.5 Å². The Labute approximate surface area is 114 Å². The predicted octanol–water partition coefficient (Wildman–Crippen LogP) is 2.04. The van der Waals surface area contributed by atoms with E-state index < -0.39 is 10.0 Å². The van der Waals surface area contributed by atoms with Crippen molar-refractivity contribution in [3.63, 3.8) is 0 Å². The Morgan fingerprint density at radius 2 is 1.95 bits per heavy atom. The van der Waals surface area contributed by atoms with Gasteiger partial charge < -0.3 is 5.11 Å². The summed E-state index contributed by atoms with van der Waals surface area (Å²) in [4.78, 5) is 0.231. The van der Waals surface area contributed by atoms with Crippen LogP contribution < -0.4 is 4.72 Å². The molecule has 0 unspecified atom stereocenters. The molecule has 1 aliphatic carbocycles. The van der Waals surface area contributed by atoms with Crippen LogP contribution in [0.2, 0.25) is 0 Å². The molecule has 0 bridgehead atoms. The van der Waals surface area contributed by atoms with E-state index in [1.807, 2.05) is 0 Å². The predicted molar refractivity (Wildman–Crippen MR) is 74.1 cm³/mol. The van der Waals surface area contributed by atoms with E-state index in [0.717, 1.165) is 12.8 Å². The van der Waals surface area contributed by atoms with Gasteiger partial charge >= 0.3 is 0 Å². The number of aliphatic hydroxyl groups is 1. The van der Waals surface area contributed by atoms with Gasteiger partial charge in [-0.25, -0.2) is 13.1 Å². The number of sulfonamides is 1. The average molecular weight is 283 g/mol. The van der Waals surface area contributed by atoms with Crippen LogP contribution >= 0.6 is 0 Å². The maximum atomic E-state index is 12.2. The van der Waals surface area contributed by atoms with Gasteiger partial charge in [-0.3, -0.25) is 0 Å². The summed E-state index contributed by atoms with van der Waals surface area (Å²) in [5.41, 5.74) is 0.612. The molecule has 0 amide bonds.